The summed E-state index contributed by atoms with van der Waals surface area (Å²) in [5.41, 5.74) is 4.83. The van der Waals surface area contributed by atoms with Gasteiger partial charge < -0.3 is 5.32 Å². The summed E-state index contributed by atoms with van der Waals surface area (Å²) < 4.78 is 0. The van der Waals surface area contributed by atoms with E-state index >= 15 is 0 Å². The molecule has 0 bridgehead atoms. The van der Waals surface area contributed by atoms with Gasteiger partial charge in [0.2, 0.25) is 0 Å². The maximum absolute atomic E-state index is 4.55. The third-order valence-corrected chi connectivity index (χ3v) is 3.53. The molecule has 2 rings (SSSR count). The SMILES string of the molecule is CCNC/C(=C/c1ccc2nc(C)ccc2c1)C(C)C. The number of rotatable bonds is 5. The topological polar surface area (TPSA) is 24.9 Å². The molecule has 1 aromatic heterocycles. The van der Waals surface area contributed by atoms with Gasteiger partial charge in [-0.15, -0.1) is 0 Å². The molecule has 0 atom stereocenters. The van der Waals surface area contributed by atoms with E-state index in [1.807, 2.05) is 6.92 Å². The molecule has 0 saturated carbocycles. The van der Waals surface area contributed by atoms with E-state index in [1.54, 1.807) is 0 Å². The molecule has 2 heteroatoms. The molecule has 106 valence electrons. The molecular formula is C18H24N2. The van der Waals surface area contributed by atoms with E-state index in [-0.39, 0.29) is 0 Å². The number of nitrogens with one attached hydrogen (secondary N) is 1. The Kier molecular flexibility index (Phi) is 4.91. The van der Waals surface area contributed by atoms with E-state index in [2.05, 4.69) is 67.5 Å². The molecule has 0 saturated heterocycles. The summed E-state index contributed by atoms with van der Waals surface area (Å²) in [4.78, 5) is 4.55. The Morgan fingerprint density at radius 1 is 1.25 bits per heavy atom. The maximum Gasteiger partial charge on any atom is 0.0705 e. The van der Waals surface area contributed by atoms with Gasteiger partial charge in [0.15, 0.2) is 0 Å². The van der Waals surface area contributed by atoms with Crippen LogP contribution in [0.5, 0.6) is 0 Å². The van der Waals surface area contributed by atoms with Crippen LogP contribution in [0.15, 0.2) is 35.9 Å². The minimum absolute atomic E-state index is 0.556. The van der Waals surface area contributed by atoms with Gasteiger partial charge in [0.05, 0.1) is 5.52 Å². The molecule has 1 N–H and O–H groups in total. The summed E-state index contributed by atoms with van der Waals surface area (Å²) >= 11 is 0. The van der Waals surface area contributed by atoms with E-state index in [0.29, 0.717) is 5.92 Å². The highest BCUT2D eigenvalue weighted by molar-refractivity contribution is 5.81. The van der Waals surface area contributed by atoms with Crippen molar-refractivity contribution in [3.05, 3.63) is 47.2 Å². The van der Waals surface area contributed by atoms with E-state index < -0.39 is 0 Å². The summed E-state index contributed by atoms with van der Waals surface area (Å²) in [6.45, 7) is 10.6. The predicted molar refractivity (Wildman–Crippen MR) is 87.8 cm³/mol. The summed E-state index contributed by atoms with van der Waals surface area (Å²) in [5.74, 6) is 0.556. The first-order valence-corrected chi connectivity index (χ1v) is 7.38. The molecule has 1 aromatic carbocycles. The lowest BCUT2D eigenvalue weighted by Crippen LogP contribution is -2.18. The Morgan fingerprint density at radius 2 is 2.05 bits per heavy atom. The largest absolute Gasteiger partial charge is 0.313 e. The predicted octanol–water partition coefficient (Wildman–Crippen LogP) is 4.19. The van der Waals surface area contributed by atoms with Crippen LogP contribution in [0.25, 0.3) is 17.0 Å². The maximum atomic E-state index is 4.55. The summed E-state index contributed by atoms with van der Waals surface area (Å²) in [6.07, 6.45) is 2.30. The highest BCUT2D eigenvalue weighted by Gasteiger charge is 2.04. The molecular weight excluding hydrogens is 244 g/mol. The first-order chi connectivity index (χ1) is 9.60. The minimum atomic E-state index is 0.556. The molecule has 0 amide bonds. The summed E-state index contributed by atoms with van der Waals surface area (Å²) in [7, 11) is 0. The number of hydrogen-bond donors (Lipinski definition) is 1. The fraction of sp³-hybridized carbons (Fsp3) is 0.389. The highest BCUT2D eigenvalue weighted by Crippen LogP contribution is 2.19. The number of fused-ring (bicyclic) bond motifs is 1. The second-order valence-electron chi connectivity index (χ2n) is 5.56. The molecule has 0 fully saturated rings. The van der Waals surface area contributed by atoms with Crippen LogP contribution in [0, 0.1) is 12.8 Å². The standard InChI is InChI=1S/C18H24N2/c1-5-19-12-17(13(2)3)11-15-7-9-18-16(10-15)8-6-14(4)20-18/h6-11,13,19H,5,12H2,1-4H3/b17-11-. The normalized spacial score (nSPS) is 12.3. The Balaban J connectivity index is 2.33. The lowest BCUT2D eigenvalue weighted by Gasteiger charge is -2.12. The second-order valence-corrected chi connectivity index (χ2v) is 5.56. The van der Waals surface area contributed by atoms with Crippen LogP contribution in [0.4, 0.5) is 0 Å². The highest BCUT2D eigenvalue weighted by atomic mass is 14.8. The summed E-state index contributed by atoms with van der Waals surface area (Å²) in [6, 6.07) is 10.7. The zero-order valence-electron chi connectivity index (χ0n) is 12.9. The molecule has 0 unspecified atom stereocenters. The van der Waals surface area contributed by atoms with Gasteiger partial charge >= 0.3 is 0 Å². The molecule has 0 spiro atoms. The van der Waals surface area contributed by atoms with Crippen molar-refractivity contribution >= 4 is 17.0 Å². The lowest BCUT2D eigenvalue weighted by molar-refractivity contribution is 0.682. The Morgan fingerprint density at radius 3 is 2.75 bits per heavy atom. The second kappa shape index (κ2) is 6.67. The van der Waals surface area contributed by atoms with Gasteiger partial charge in [-0.05, 0) is 43.1 Å². The zero-order valence-corrected chi connectivity index (χ0v) is 12.9. The third-order valence-electron chi connectivity index (χ3n) is 3.53. The molecule has 0 radical (unpaired) electrons. The van der Waals surface area contributed by atoms with Crippen molar-refractivity contribution in [2.75, 3.05) is 13.1 Å². The van der Waals surface area contributed by atoms with Crippen LogP contribution in [-0.4, -0.2) is 18.1 Å². The van der Waals surface area contributed by atoms with Gasteiger partial charge in [-0.1, -0.05) is 44.6 Å². The number of benzene rings is 1. The monoisotopic (exact) mass is 268 g/mol. The van der Waals surface area contributed by atoms with Crippen molar-refractivity contribution in [1.82, 2.24) is 10.3 Å². The molecule has 2 aromatic rings. The van der Waals surface area contributed by atoms with E-state index in [1.165, 1.54) is 16.5 Å². The van der Waals surface area contributed by atoms with Crippen molar-refractivity contribution in [1.29, 1.82) is 0 Å². The first-order valence-electron chi connectivity index (χ1n) is 7.38. The molecule has 0 aliphatic rings. The van der Waals surface area contributed by atoms with Crippen LogP contribution in [0.3, 0.4) is 0 Å². The minimum Gasteiger partial charge on any atom is -0.313 e. The smallest absolute Gasteiger partial charge is 0.0705 e. The quantitative estimate of drug-likeness (QED) is 0.879. The van der Waals surface area contributed by atoms with Gasteiger partial charge in [-0.25, -0.2) is 0 Å². The average molecular weight is 268 g/mol. The molecule has 20 heavy (non-hydrogen) atoms. The van der Waals surface area contributed by atoms with Gasteiger partial charge in [0, 0.05) is 17.6 Å². The molecule has 1 heterocycles. The molecule has 0 aliphatic heterocycles. The van der Waals surface area contributed by atoms with Crippen molar-refractivity contribution in [3.63, 3.8) is 0 Å². The van der Waals surface area contributed by atoms with Crippen LogP contribution < -0.4 is 5.32 Å². The van der Waals surface area contributed by atoms with Crippen LogP contribution in [-0.2, 0) is 0 Å². The number of aromatic nitrogens is 1. The Hall–Kier alpha value is -1.67. The third kappa shape index (κ3) is 3.67. The van der Waals surface area contributed by atoms with E-state index in [4.69, 9.17) is 0 Å². The van der Waals surface area contributed by atoms with E-state index in [0.717, 1.165) is 24.3 Å². The van der Waals surface area contributed by atoms with Crippen molar-refractivity contribution in [2.45, 2.75) is 27.7 Å². The number of hydrogen-bond acceptors (Lipinski definition) is 2. The number of likely N-dealkylation sites (N-methyl/N-ethyl adjacent to an activating group) is 1. The fourth-order valence-electron chi connectivity index (χ4n) is 2.24. The average Bonchev–Trinajstić information content (AvgIpc) is 2.43. The number of aryl methyl sites for hydroxylation is 1. The fourth-order valence-corrected chi connectivity index (χ4v) is 2.24. The van der Waals surface area contributed by atoms with Crippen molar-refractivity contribution in [3.8, 4) is 0 Å². The van der Waals surface area contributed by atoms with Gasteiger partial charge in [-0.3, -0.25) is 4.98 Å². The van der Waals surface area contributed by atoms with Gasteiger partial charge in [-0.2, -0.15) is 0 Å². The zero-order chi connectivity index (χ0) is 14.5. The molecule has 0 aliphatic carbocycles. The van der Waals surface area contributed by atoms with E-state index in [9.17, 15) is 0 Å². The Bertz CT molecular complexity index is 612. The first kappa shape index (κ1) is 14.7. The van der Waals surface area contributed by atoms with Crippen LogP contribution in [0.1, 0.15) is 32.0 Å². The molecule has 2 nitrogen and oxygen atoms in total. The summed E-state index contributed by atoms with van der Waals surface area (Å²) in [5, 5.41) is 4.62. The number of nitrogens with zero attached hydrogens (tertiary/aromatic N) is 1. The lowest BCUT2D eigenvalue weighted by atomic mass is 9.99. The van der Waals surface area contributed by atoms with Gasteiger partial charge in [0.1, 0.15) is 0 Å². The van der Waals surface area contributed by atoms with Crippen molar-refractivity contribution < 1.29 is 0 Å². The Labute approximate surface area is 121 Å². The van der Waals surface area contributed by atoms with Gasteiger partial charge in [0.25, 0.3) is 0 Å². The van der Waals surface area contributed by atoms with Crippen LogP contribution in [0.2, 0.25) is 0 Å². The van der Waals surface area contributed by atoms with Crippen LogP contribution >= 0.6 is 0 Å². The number of pyridine rings is 1. The van der Waals surface area contributed by atoms with Crippen molar-refractivity contribution in [2.24, 2.45) is 5.92 Å².